The number of rotatable bonds is 5. The molecule has 0 aliphatic carbocycles. The molecule has 0 aliphatic heterocycles. The lowest BCUT2D eigenvalue weighted by Gasteiger charge is -2.06. The number of hydrogen-bond acceptors (Lipinski definition) is 8. The summed E-state index contributed by atoms with van der Waals surface area (Å²) in [4.78, 5) is 37.7. The lowest BCUT2D eigenvalue weighted by atomic mass is 10.4. The zero-order chi connectivity index (χ0) is 11.4. The smallest absolute Gasteiger partial charge is 0.453 e. The Kier molecular flexibility index (Phi) is 3.56. The van der Waals surface area contributed by atoms with E-state index in [1.54, 1.807) is 5.18 Å². The Morgan fingerprint density at radius 3 is 2.07 bits per heavy atom. The maximum Gasteiger partial charge on any atom is 0.693 e. The molecule has 0 aromatic carbocycles. The van der Waals surface area contributed by atoms with Crippen LogP contribution in [-0.2, 0) is 9.53 Å². The molecule has 0 aromatic rings. The van der Waals surface area contributed by atoms with Crippen LogP contribution < -0.4 is 0 Å². The van der Waals surface area contributed by atoms with E-state index < -0.39 is 21.6 Å². The van der Waals surface area contributed by atoms with E-state index in [2.05, 4.69) is 4.74 Å². The van der Waals surface area contributed by atoms with Crippen LogP contribution in [0.1, 0.15) is 6.92 Å². The molecule has 0 atom stereocenters. The first-order chi connectivity index (χ1) is 6.43. The van der Waals surface area contributed by atoms with Crippen molar-refractivity contribution in [3.8, 4) is 0 Å². The third-order valence-electron chi connectivity index (χ3n) is 1.19. The van der Waals surface area contributed by atoms with Crippen molar-refractivity contribution in [1.29, 1.82) is 0 Å². The van der Waals surface area contributed by atoms with Gasteiger partial charge in [-0.3, -0.25) is 20.2 Å². The Hall–Kier alpha value is -2.13. The molecule has 0 heterocycles. The molecule has 0 saturated heterocycles. The van der Waals surface area contributed by atoms with Crippen molar-refractivity contribution in [2.45, 2.75) is 12.7 Å². The number of carbonyl (C=O) groups excluding carboxylic acids is 1. The summed E-state index contributed by atoms with van der Waals surface area (Å²) in [6, 6.07) is 0. The summed E-state index contributed by atoms with van der Waals surface area (Å²) in [5.41, 5.74) is 0. The lowest BCUT2D eigenvalue weighted by Crippen LogP contribution is -2.52. The molecule has 0 unspecified atom stereocenters. The number of nitroso groups, excluding NO2 is 1. The molecular weight excluding hydrogens is 202 g/mol. The fraction of sp³-hybridized carbons (Fsp3) is 0.750. The van der Waals surface area contributed by atoms with Crippen LogP contribution in [0.5, 0.6) is 0 Å². The molecule has 0 fully saturated rings. The summed E-state index contributed by atoms with van der Waals surface area (Å²) in [5.74, 6) is -5.71. The van der Waals surface area contributed by atoms with E-state index in [9.17, 15) is 29.9 Å². The summed E-state index contributed by atoms with van der Waals surface area (Å²) in [6.07, 6.45) is 0. The van der Waals surface area contributed by atoms with Gasteiger partial charge in [0.2, 0.25) is 0 Å². The molecule has 14 heavy (non-hydrogen) atoms. The third kappa shape index (κ3) is 1.62. The number of carbonyl (C=O) groups is 1. The number of esters is 1. The van der Waals surface area contributed by atoms with Crippen molar-refractivity contribution in [3.05, 3.63) is 25.1 Å². The fourth-order valence-corrected chi connectivity index (χ4v) is 0.548. The van der Waals surface area contributed by atoms with E-state index in [1.807, 2.05) is 0 Å². The summed E-state index contributed by atoms with van der Waals surface area (Å²) in [7, 11) is 0. The van der Waals surface area contributed by atoms with Crippen LogP contribution in [0.2, 0.25) is 0 Å². The second-order valence-corrected chi connectivity index (χ2v) is 1.96. The van der Waals surface area contributed by atoms with Gasteiger partial charge < -0.3 is 4.74 Å². The zero-order valence-corrected chi connectivity index (χ0v) is 6.91. The van der Waals surface area contributed by atoms with Gasteiger partial charge in [-0.2, -0.15) is 0 Å². The SMILES string of the molecule is CCOC(=O)C(N=O)([N+](=O)[O-])[N+](=O)[O-]. The Bertz CT molecular complexity index is 273. The maximum atomic E-state index is 10.8. The molecule has 10 nitrogen and oxygen atoms in total. The minimum absolute atomic E-state index is 0.336. The van der Waals surface area contributed by atoms with Gasteiger partial charge in [0, 0.05) is 0 Å². The van der Waals surface area contributed by atoms with Crippen molar-refractivity contribution in [2.75, 3.05) is 6.61 Å². The molecule has 0 N–H and O–H groups in total. The molecular formula is C4H5N3O7. The van der Waals surface area contributed by atoms with Crippen LogP contribution in [0.15, 0.2) is 5.18 Å². The number of hydrogen-bond donors (Lipinski definition) is 0. The van der Waals surface area contributed by atoms with Crippen molar-refractivity contribution < 1.29 is 19.4 Å². The van der Waals surface area contributed by atoms with E-state index in [0.717, 1.165) is 0 Å². The summed E-state index contributed by atoms with van der Waals surface area (Å²) in [5, 5.41) is 22.0. The van der Waals surface area contributed by atoms with E-state index >= 15 is 0 Å². The van der Waals surface area contributed by atoms with Gasteiger partial charge in [-0.15, -0.1) is 4.91 Å². The van der Waals surface area contributed by atoms with Crippen LogP contribution in [0.3, 0.4) is 0 Å². The summed E-state index contributed by atoms with van der Waals surface area (Å²) >= 11 is 0. The molecule has 10 heteroatoms. The highest BCUT2D eigenvalue weighted by molar-refractivity contribution is 5.76. The summed E-state index contributed by atoms with van der Waals surface area (Å²) < 4.78 is 4.00. The Morgan fingerprint density at radius 1 is 1.43 bits per heavy atom. The maximum absolute atomic E-state index is 10.8. The number of nitro groups is 2. The van der Waals surface area contributed by atoms with E-state index in [1.165, 1.54) is 6.92 Å². The van der Waals surface area contributed by atoms with Gasteiger partial charge >= 0.3 is 11.8 Å². The van der Waals surface area contributed by atoms with Crippen molar-refractivity contribution in [3.63, 3.8) is 0 Å². The number of ether oxygens (including phenoxy) is 1. The molecule has 0 bridgehead atoms. The van der Waals surface area contributed by atoms with Crippen LogP contribution in [0, 0.1) is 25.1 Å². The molecule has 0 saturated carbocycles. The average Bonchev–Trinajstić information content (AvgIpc) is 2.05. The Morgan fingerprint density at radius 2 is 1.86 bits per heavy atom. The van der Waals surface area contributed by atoms with Gasteiger partial charge in [-0.05, 0) is 6.92 Å². The molecule has 0 amide bonds. The van der Waals surface area contributed by atoms with Gasteiger partial charge in [0.25, 0.3) is 0 Å². The highest BCUT2D eigenvalue weighted by atomic mass is 16.7. The molecule has 0 rings (SSSR count). The van der Waals surface area contributed by atoms with Gasteiger partial charge in [-0.25, -0.2) is 4.79 Å². The predicted octanol–water partition coefficient (Wildman–Crippen LogP) is -0.477. The van der Waals surface area contributed by atoms with E-state index in [0.29, 0.717) is 0 Å². The first kappa shape index (κ1) is 11.9. The van der Waals surface area contributed by atoms with Crippen LogP contribution in [-0.4, -0.2) is 28.2 Å². The Balaban J connectivity index is 5.25. The van der Waals surface area contributed by atoms with E-state index in [4.69, 9.17) is 0 Å². The molecule has 78 valence electrons. The largest absolute Gasteiger partial charge is 0.693 e. The zero-order valence-electron chi connectivity index (χ0n) is 6.91. The topological polar surface area (TPSA) is 142 Å². The van der Waals surface area contributed by atoms with Crippen molar-refractivity contribution in [2.24, 2.45) is 5.18 Å². The Labute approximate surface area is 76.1 Å². The van der Waals surface area contributed by atoms with Gasteiger partial charge in [0.05, 0.1) is 6.61 Å². The van der Waals surface area contributed by atoms with Crippen molar-refractivity contribution >= 4 is 5.97 Å². The third-order valence-corrected chi connectivity index (χ3v) is 1.19. The molecule has 0 spiro atoms. The molecule has 0 aromatic heterocycles. The minimum Gasteiger partial charge on any atom is -0.453 e. The normalized spacial score (nSPS) is 10.4. The van der Waals surface area contributed by atoms with Crippen molar-refractivity contribution in [1.82, 2.24) is 0 Å². The molecule has 0 radical (unpaired) electrons. The van der Waals surface area contributed by atoms with Crippen LogP contribution in [0.25, 0.3) is 0 Å². The van der Waals surface area contributed by atoms with Gasteiger partial charge in [0.15, 0.2) is 0 Å². The minimum atomic E-state index is -3.80. The molecule has 0 aliphatic rings. The summed E-state index contributed by atoms with van der Waals surface area (Å²) in [6.45, 7) is 0.936. The van der Waals surface area contributed by atoms with Crippen LogP contribution >= 0.6 is 0 Å². The standard InChI is InChI=1S/C4H5N3O7/c1-2-14-3(8)4(5-9,6(10)11)7(12)13/h2H2,1H3. The highest BCUT2D eigenvalue weighted by Gasteiger charge is 2.70. The van der Waals surface area contributed by atoms with Crippen LogP contribution in [0.4, 0.5) is 0 Å². The predicted molar refractivity (Wildman–Crippen MR) is 39.1 cm³/mol. The highest BCUT2D eigenvalue weighted by Crippen LogP contribution is 2.14. The second kappa shape index (κ2) is 4.20. The quantitative estimate of drug-likeness (QED) is 0.195. The first-order valence-corrected chi connectivity index (χ1v) is 3.24. The average molecular weight is 207 g/mol. The lowest BCUT2D eigenvalue weighted by molar-refractivity contribution is -0.776. The second-order valence-electron chi connectivity index (χ2n) is 1.96. The van der Waals surface area contributed by atoms with E-state index in [-0.39, 0.29) is 6.61 Å². The first-order valence-electron chi connectivity index (χ1n) is 3.24. The number of nitrogens with zero attached hydrogens (tertiary/aromatic N) is 3. The van der Waals surface area contributed by atoms with Gasteiger partial charge in [-0.1, -0.05) is 0 Å². The monoisotopic (exact) mass is 207 g/mol. The fourth-order valence-electron chi connectivity index (χ4n) is 0.548. The van der Waals surface area contributed by atoms with Gasteiger partial charge in [0.1, 0.15) is 15.0 Å².